The number of likely N-dealkylation sites (N-methyl/N-ethyl adjacent to an activating group) is 1. The molecule has 0 unspecified atom stereocenters. The topological polar surface area (TPSA) is 46.3 Å². The van der Waals surface area contributed by atoms with Crippen molar-refractivity contribution >= 4 is 24.1 Å². The van der Waals surface area contributed by atoms with Crippen LogP contribution >= 0.6 is 0 Å². The molecule has 5 heteroatoms. The van der Waals surface area contributed by atoms with Crippen molar-refractivity contribution in [2.45, 2.75) is 38.9 Å². The maximum Gasteiger partial charge on any atom is 0.491 e. The minimum Gasteiger partial charge on any atom is -0.400 e. The normalized spacial score (nSPS) is 20.4. The average Bonchev–Trinajstić information content (AvgIpc) is 3.00. The number of hydrogen-bond acceptors (Lipinski definition) is 3. The van der Waals surface area contributed by atoms with Crippen molar-refractivity contribution in [2.75, 3.05) is 13.6 Å². The molecule has 4 nitrogen and oxygen atoms in total. The van der Waals surface area contributed by atoms with Crippen LogP contribution in [-0.2, 0) is 9.31 Å². The van der Waals surface area contributed by atoms with E-state index in [0.29, 0.717) is 0 Å². The van der Waals surface area contributed by atoms with E-state index in [1.54, 1.807) is 0 Å². The van der Waals surface area contributed by atoms with Crippen molar-refractivity contribution in [3.05, 3.63) is 41.5 Å². The van der Waals surface area contributed by atoms with E-state index in [9.17, 15) is 0 Å². The standard InChI is InChI=1S/C18H25BN2O2/c1-17(2)18(3,4)23-19(22-17)15(12-20-5)11-13-6-7-16-14(10-13)8-9-21-16/h6-11,20-21H,12H2,1-5H3. The Morgan fingerprint density at radius 2 is 1.87 bits per heavy atom. The molecule has 1 saturated heterocycles. The SMILES string of the molecule is CNCC(=Cc1ccc2[nH]ccc2c1)B1OC(C)(C)C(C)(C)O1. The van der Waals surface area contributed by atoms with Crippen molar-refractivity contribution < 1.29 is 9.31 Å². The van der Waals surface area contributed by atoms with Crippen LogP contribution in [0.3, 0.4) is 0 Å². The Morgan fingerprint density at radius 3 is 2.52 bits per heavy atom. The zero-order valence-corrected chi connectivity index (χ0v) is 14.6. The van der Waals surface area contributed by atoms with Crippen LogP contribution in [0.2, 0.25) is 0 Å². The molecule has 3 rings (SSSR count). The van der Waals surface area contributed by atoms with Crippen LogP contribution in [0, 0.1) is 0 Å². The molecule has 2 heterocycles. The first-order valence-corrected chi connectivity index (χ1v) is 8.10. The molecule has 1 aromatic heterocycles. The summed E-state index contributed by atoms with van der Waals surface area (Å²) in [4.78, 5) is 3.22. The minimum absolute atomic E-state index is 0.324. The fourth-order valence-corrected chi connectivity index (χ4v) is 2.78. The molecule has 1 aliphatic rings. The number of rotatable bonds is 4. The summed E-state index contributed by atoms with van der Waals surface area (Å²) >= 11 is 0. The highest BCUT2D eigenvalue weighted by Gasteiger charge is 2.52. The second-order valence-corrected chi connectivity index (χ2v) is 7.16. The van der Waals surface area contributed by atoms with Crippen molar-refractivity contribution in [3.63, 3.8) is 0 Å². The summed E-state index contributed by atoms with van der Waals surface area (Å²) in [5, 5.41) is 4.42. The molecular weight excluding hydrogens is 287 g/mol. The van der Waals surface area contributed by atoms with E-state index in [0.717, 1.165) is 23.1 Å². The Kier molecular flexibility index (Phi) is 4.13. The van der Waals surface area contributed by atoms with Gasteiger partial charge in [0.05, 0.1) is 11.2 Å². The second kappa shape index (κ2) is 5.82. The van der Waals surface area contributed by atoms with Gasteiger partial charge in [-0.25, -0.2) is 0 Å². The summed E-state index contributed by atoms with van der Waals surface area (Å²) in [5.74, 6) is 0. The molecule has 0 radical (unpaired) electrons. The van der Waals surface area contributed by atoms with E-state index in [-0.39, 0.29) is 18.3 Å². The van der Waals surface area contributed by atoms with Gasteiger partial charge in [0, 0.05) is 18.3 Å². The highest BCUT2D eigenvalue weighted by atomic mass is 16.7. The quantitative estimate of drug-likeness (QED) is 0.851. The summed E-state index contributed by atoms with van der Waals surface area (Å²) in [7, 11) is 1.61. The number of aromatic amines is 1. The largest absolute Gasteiger partial charge is 0.491 e. The first-order chi connectivity index (χ1) is 10.8. The van der Waals surface area contributed by atoms with Crippen LogP contribution in [0.1, 0.15) is 33.3 Å². The fraction of sp³-hybridized carbons (Fsp3) is 0.444. The van der Waals surface area contributed by atoms with Crippen molar-refractivity contribution in [1.29, 1.82) is 0 Å². The zero-order valence-electron chi connectivity index (χ0n) is 14.6. The minimum atomic E-state index is -0.325. The lowest BCUT2D eigenvalue weighted by Crippen LogP contribution is -2.41. The van der Waals surface area contributed by atoms with Crippen LogP contribution in [0.5, 0.6) is 0 Å². The monoisotopic (exact) mass is 312 g/mol. The van der Waals surface area contributed by atoms with Gasteiger partial charge in [-0.15, -0.1) is 0 Å². The van der Waals surface area contributed by atoms with Gasteiger partial charge in [-0.05, 0) is 69.4 Å². The van der Waals surface area contributed by atoms with Gasteiger partial charge in [0.25, 0.3) is 0 Å². The van der Waals surface area contributed by atoms with E-state index in [4.69, 9.17) is 9.31 Å². The van der Waals surface area contributed by atoms with Crippen LogP contribution in [0.25, 0.3) is 17.0 Å². The zero-order chi connectivity index (χ0) is 16.7. The Bertz CT molecular complexity index is 717. The number of H-pyrrole nitrogens is 1. The highest BCUT2D eigenvalue weighted by Crippen LogP contribution is 2.38. The van der Waals surface area contributed by atoms with Gasteiger partial charge in [0.1, 0.15) is 0 Å². The predicted octanol–water partition coefficient (Wildman–Crippen LogP) is 3.40. The number of fused-ring (bicyclic) bond motifs is 1. The lowest BCUT2D eigenvalue weighted by molar-refractivity contribution is 0.00578. The molecule has 0 aliphatic carbocycles. The molecule has 1 aliphatic heterocycles. The average molecular weight is 312 g/mol. The lowest BCUT2D eigenvalue weighted by atomic mass is 9.77. The molecule has 0 bridgehead atoms. The molecule has 0 amide bonds. The molecule has 0 saturated carbocycles. The van der Waals surface area contributed by atoms with E-state index >= 15 is 0 Å². The van der Waals surface area contributed by atoms with E-state index in [1.165, 1.54) is 5.39 Å². The second-order valence-electron chi connectivity index (χ2n) is 7.16. The van der Waals surface area contributed by atoms with Gasteiger partial charge >= 0.3 is 7.12 Å². The van der Waals surface area contributed by atoms with Gasteiger partial charge in [-0.2, -0.15) is 0 Å². The number of nitrogens with one attached hydrogen (secondary N) is 2. The number of hydrogen-bond donors (Lipinski definition) is 2. The summed E-state index contributed by atoms with van der Waals surface area (Å²) < 4.78 is 12.4. The van der Waals surface area contributed by atoms with Crippen LogP contribution in [0.15, 0.2) is 35.9 Å². The maximum atomic E-state index is 6.19. The van der Waals surface area contributed by atoms with E-state index in [2.05, 4.69) is 68.3 Å². The highest BCUT2D eigenvalue weighted by molar-refractivity contribution is 6.55. The molecule has 122 valence electrons. The van der Waals surface area contributed by atoms with Crippen molar-refractivity contribution in [1.82, 2.24) is 10.3 Å². The summed E-state index contributed by atoms with van der Waals surface area (Å²) in [5.41, 5.74) is 2.75. The van der Waals surface area contributed by atoms with E-state index in [1.807, 2.05) is 13.2 Å². The lowest BCUT2D eigenvalue weighted by Gasteiger charge is -2.32. The fourth-order valence-electron chi connectivity index (χ4n) is 2.78. The van der Waals surface area contributed by atoms with Crippen LogP contribution in [-0.4, -0.2) is 36.9 Å². The predicted molar refractivity (Wildman–Crippen MR) is 96.3 cm³/mol. The molecule has 1 aromatic carbocycles. The molecule has 23 heavy (non-hydrogen) atoms. The molecule has 0 atom stereocenters. The van der Waals surface area contributed by atoms with Crippen molar-refractivity contribution in [2.24, 2.45) is 0 Å². The summed E-state index contributed by atoms with van der Waals surface area (Å²) in [6.07, 6.45) is 4.12. The van der Waals surface area contributed by atoms with Crippen LogP contribution in [0.4, 0.5) is 0 Å². The first kappa shape index (κ1) is 16.3. The Balaban J connectivity index is 1.92. The van der Waals surface area contributed by atoms with Crippen molar-refractivity contribution in [3.8, 4) is 0 Å². The molecular formula is C18H25BN2O2. The van der Waals surface area contributed by atoms with E-state index < -0.39 is 0 Å². The third-order valence-corrected chi connectivity index (χ3v) is 4.87. The number of benzene rings is 1. The summed E-state index contributed by atoms with van der Waals surface area (Å²) in [6, 6.07) is 8.47. The van der Waals surface area contributed by atoms with Gasteiger partial charge in [0.15, 0.2) is 0 Å². The van der Waals surface area contributed by atoms with Crippen LogP contribution < -0.4 is 5.32 Å². The van der Waals surface area contributed by atoms with Gasteiger partial charge in [-0.1, -0.05) is 12.1 Å². The number of aromatic nitrogens is 1. The third kappa shape index (κ3) is 3.09. The third-order valence-electron chi connectivity index (χ3n) is 4.87. The summed E-state index contributed by atoms with van der Waals surface area (Å²) in [6.45, 7) is 9.04. The Labute approximate surface area is 138 Å². The smallest absolute Gasteiger partial charge is 0.400 e. The Morgan fingerprint density at radius 1 is 1.17 bits per heavy atom. The molecule has 2 aromatic rings. The molecule has 0 spiro atoms. The van der Waals surface area contributed by atoms with Gasteiger partial charge in [-0.3, -0.25) is 0 Å². The first-order valence-electron chi connectivity index (χ1n) is 8.10. The molecule has 1 fully saturated rings. The van der Waals surface area contributed by atoms with Gasteiger partial charge in [0.2, 0.25) is 0 Å². The Hall–Kier alpha value is -1.56. The van der Waals surface area contributed by atoms with Gasteiger partial charge < -0.3 is 19.6 Å². The maximum absolute atomic E-state index is 6.19. The molecule has 2 N–H and O–H groups in total.